The first-order valence-electron chi connectivity index (χ1n) is 11.9. The Morgan fingerprint density at radius 2 is 1.95 bits per heavy atom. The van der Waals surface area contributed by atoms with Crippen molar-refractivity contribution >= 4 is 34.7 Å². The highest BCUT2D eigenvalue weighted by Gasteiger charge is 2.27. The largest absolute Gasteiger partial charge is 0.491 e. The van der Waals surface area contributed by atoms with Gasteiger partial charge in [0.25, 0.3) is 0 Å². The van der Waals surface area contributed by atoms with E-state index in [2.05, 4.69) is 19.9 Å². The van der Waals surface area contributed by atoms with Crippen LogP contribution >= 0.6 is 23.2 Å². The van der Waals surface area contributed by atoms with Gasteiger partial charge in [-0.25, -0.2) is 9.97 Å². The van der Waals surface area contributed by atoms with Crippen LogP contribution in [0.2, 0.25) is 5.02 Å². The predicted octanol–water partition coefficient (Wildman–Crippen LogP) is 4.41. The summed E-state index contributed by atoms with van der Waals surface area (Å²) in [4.78, 5) is 25.1. The number of hydrogen-bond donors (Lipinski definition) is 2. The first-order chi connectivity index (χ1) is 17.9. The maximum atomic E-state index is 10.1. The smallest absolute Gasteiger partial charge is 0.163 e. The number of halogens is 2. The van der Waals surface area contributed by atoms with Gasteiger partial charge in [0.1, 0.15) is 23.9 Å². The molecule has 1 aliphatic rings. The zero-order valence-electron chi connectivity index (χ0n) is 20.9. The summed E-state index contributed by atoms with van der Waals surface area (Å²) in [5.74, 6) is 1.61. The molecule has 37 heavy (non-hydrogen) atoms. The van der Waals surface area contributed by atoms with E-state index in [1.807, 2.05) is 13.8 Å². The number of aliphatic hydroxyl groups is 1. The van der Waals surface area contributed by atoms with E-state index in [9.17, 15) is 5.11 Å². The molecule has 3 heterocycles. The number of aliphatic imine (C=N–C) groups is 1. The Morgan fingerprint density at radius 1 is 1.24 bits per heavy atom. The Labute approximate surface area is 226 Å². The second-order valence-electron chi connectivity index (χ2n) is 8.63. The molecular weight excluding hydrogens is 513 g/mol. The number of aromatic nitrogens is 4. The van der Waals surface area contributed by atoms with E-state index in [-0.39, 0.29) is 11.6 Å². The minimum atomic E-state index is -0.550. The van der Waals surface area contributed by atoms with Gasteiger partial charge >= 0.3 is 0 Å². The standard InChI is InChI=1S/C26H29Cl2N7O2/c1-4-5-16(36)14-37-17-6-7-19(27)18(10-17)25-33-23(24(30-3)20(28)11-29)15(2)26(34-25)35-12-21-22(13-35)32-9-8-31-21/h6-11,16,36H,4-5,12-14,29H2,1-3H3/t16-/m1/s1. The number of aliphatic hydroxyl groups excluding tert-OH is 1. The van der Waals surface area contributed by atoms with Crippen molar-refractivity contribution in [3.05, 3.63) is 69.5 Å². The van der Waals surface area contributed by atoms with Gasteiger partial charge in [-0.2, -0.15) is 0 Å². The van der Waals surface area contributed by atoms with Gasteiger partial charge < -0.3 is 20.5 Å². The topological polar surface area (TPSA) is 123 Å². The molecule has 4 rings (SSSR count). The summed E-state index contributed by atoms with van der Waals surface area (Å²) in [7, 11) is 1.63. The number of rotatable bonds is 9. The molecule has 3 aromatic rings. The molecule has 1 aliphatic heterocycles. The first kappa shape index (κ1) is 26.8. The molecule has 0 fully saturated rings. The van der Waals surface area contributed by atoms with Gasteiger partial charge in [-0.3, -0.25) is 15.0 Å². The number of anilines is 1. The van der Waals surface area contributed by atoms with Crippen LogP contribution in [-0.4, -0.2) is 50.5 Å². The molecule has 9 nitrogen and oxygen atoms in total. The van der Waals surface area contributed by atoms with Crippen molar-refractivity contribution in [3.63, 3.8) is 0 Å². The van der Waals surface area contributed by atoms with Gasteiger partial charge in [-0.15, -0.1) is 0 Å². The van der Waals surface area contributed by atoms with Crippen molar-refractivity contribution in [2.24, 2.45) is 10.7 Å². The lowest BCUT2D eigenvalue weighted by atomic mass is 10.1. The van der Waals surface area contributed by atoms with Crippen molar-refractivity contribution in [1.29, 1.82) is 0 Å². The number of nitrogens with two attached hydrogens (primary N) is 1. The van der Waals surface area contributed by atoms with Crippen LogP contribution in [0.4, 0.5) is 5.82 Å². The summed E-state index contributed by atoms with van der Waals surface area (Å²) in [6.07, 6.45) is 5.62. The summed E-state index contributed by atoms with van der Waals surface area (Å²) < 4.78 is 5.83. The number of benzene rings is 1. The van der Waals surface area contributed by atoms with E-state index in [0.29, 0.717) is 58.9 Å². The van der Waals surface area contributed by atoms with Crippen molar-refractivity contribution in [3.8, 4) is 17.1 Å². The van der Waals surface area contributed by atoms with Crippen molar-refractivity contribution in [1.82, 2.24) is 19.9 Å². The predicted molar refractivity (Wildman–Crippen MR) is 146 cm³/mol. The molecule has 0 saturated heterocycles. The van der Waals surface area contributed by atoms with Gasteiger partial charge in [-0.05, 0) is 31.5 Å². The van der Waals surface area contributed by atoms with Crippen LogP contribution in [0.1, 0.15) is 42.4 Å². The van der Waals surface area contributed by atoms with Crippen LogP contribution in [0.15, 0.2) is 46.8 Å². The Morgan fingerprint density at radius 3 is 2.57 bits per heavy atom. The van der Waals surface area contributed by atoms with Gasteiger partial charge in [-0.1, -0.05) is 36.5 Å². The van der Waals surface area contributed by atoms with Gasteiger partial charge in [0.15, 0.2) is 5.82 Å². The third-order valence-electron chi connectivity index (χ3n) is 6.02. The lowest BCUT2D eigenvalue weighted by molar-refractivity contribution is 0.0994. The summed E-state index contributed by atoms with van der Waals surface area (Å²) in [6, 6.07) is 5.24. The van der Waals surface area contributed by atoms with E-state index in [1.165, 1.54) is 6.20 Å². The minimum absolute atomic E-state index is 0.176. The van der Waals surface area contributed by atoms with Crippen LogP contribution in [0.3, 0.4) is 0 Å². The molecule has 2 aromatic heterocycles. The van der Waals surface area contributed by atoms with E-state index in [0.717, 1.165) is 23.4 Å². The fraction of sp³-hybridized carbons (Fsp3) is 0.346. The lowest BCUT2D eigenvalue weighted by Gasteiger charge is -2.22. The first-order valence-corrected chi connectivity index (χ1v) is 12.7. The molecule has 0 radical (unpaired) electrons. The maximum absolute atomic E-state index is 10.1. The lowest BCUT2D eigenvalue weighted by Crippen LogP contribution is -2.21. The quantitative estimate of drug-likeness (QED) is 0.381. The van der Waals surface area contributed by atoms with Crippen LogP contribution in [-0.2, 0) is 13.1 Å². The molecule has 1 aromatic carbocycles. The molecule has 0 unspecified atom stereocenters. The monoisotopic (exact) mass is 541 g/mol. The highest BCUT2D eigenvalue weighted by atomic mass is 35.5. The van der Waals surface area contributed by atoms with Gasteiger partial charge in [0, 0.05) is 36.8 Å². The fourth-order valence-corrected chi connectivity index (χ4v) is 4.55. The summed E-state index contributed by atoms with van der Waals surface area (Å²) in [5, 5.41) is 10.8. The van der Waals surface area contributed by atoms with Gasteiger partial charge in [0.2, 0.25) is 0 Å². The molecule has 194 valence electrons. The average molecular weight is 542 g/mol. The van der Waals surface area contributed by atoms with E-state index < -0.39 is 6.10 Å². The number of nitrogens with zero attached hydrogens (tertiary/aromatic N) is 6. The molecule has 11 heteroatoms. The van der Waals surface area contributed by atoms with Crippen molar-refractivity contribution in [2.45, 2.75) is 45.9 Å². The molecule has 0 saturated carbocycles. The van der Waals surface area contributed by atoms with Gasteiger partial charge in [0.05, 0.1) is 46.3 Å². The van der Waals surface area contributed by atoms with Crippen LogP contribution in [0.25, 0.3) is 11.4 Å². The SMILES string of the molecule is CCC[C@@H](O)COc1ccc(Cl)c(-c2nc(C(=NC)C(Cl)=CN)c(C)c(N3Cc4nccnc4C3)n2)c1. The molecule has 0 amide bonds. The zero-order chi connectivity index (χ0) is 26.5. The summed E-state index contributed by atoms with van der Waals surface area (Å²) in [5.41, 5.74) is 9.84. The average Bonchev–Trinajstić information content (AvgIpc) is 3.33. The Hall–Kier alpha value is -3.27. The van der Waals surface area contributed by atoms with Crippen LogP contribution < -0.4 is 15.4 Å². The van der Waals surface area contributed by atoms with E-state index in [1.54, 1.807) is 37.6 Å². The third kappa shape index (κ3) is 5.84. The molecule has 1 atom stereocenters. The normalized spacial score (nSPS) is 14.6. The molecule has 0 bridgehead atoms. The highest BCUT2D eigenvalue weighted by molar-refractivity contribution is 6.46. The van der Waals surface area contributed by atoms with Crippen LogP contribution in [0, 0.1) is 6.92 Å². The third-order valence-corrected chi connectivity index (χ3v) is 6.66. The summed E-state index contributed by atoms with van der Waals surface area (Å²) in [6.45, 7) is 5.20. The van der Waals surface area contributed by atoms with E-state index >= 15 is 0 Å². The summed E-state index contributed by atoms with van der Waals surface area (Å²) >= 11 is 13.0. The Kier molecular flexibility index (Phi) is 8.58. The Bertz CT molecular complexity index is 1320. The van der Waals surface area contributed by atoms with Crippen LogP contribution in [0.5, 0.6) is 5.75 Å². The molecule has 0 spiro atoms. The zero-order valence-corrected chi connectivity index (χ0v) is 22.5. The Balaban J connectivity index is 1.81. The van der Waals surface area contributed by atoms with E-state index in [4.69, 9.17) is 43.6 Å². The number of ether oxygens (including phenoxy) is 1. The minimum Gasteiger partial charge on any atom is -0.491 e. The molecule has 0 aliphatic carbocycles. The second kappa shape index (κ2) is 11.9. The fourth-order valence-electron chi connectivity index (χ4n) is 4.17. The van der Waals surface area contributed by atoms with Crippen molar-refractivity contribution < 1.29 is 9.84 Å². The number of allylic oxidation sites excluding steroid dienone is 1. The number of fused-ring (bicyclic) bond motifs is 1. The molecule has 3 N–H and O–H groups in total. The second-order valence-corrected chi connectivity index (χ2v) is 9.45. The maximum Gasteiger partial charge on any atom is 0.163 e. The highest BCUT2D eigenvalue weighted by Crippen LogP contribution is 2.35. The van der Waals surface area contributed by atoms with Crippen molar-refractivity contribution in [2.75, 3.05) is 18.6 Å². The number of hydrogen-bond acceptors (Lipinski definition) is 9. The molecular formula is C26H29Cl2N7O2.